The maximum absolute atomic E-state index is 15.4. The van der Waals surface area contributed by atoms with Crippen molar-refractivity contribution in [2.75, 3.05) is 23.8 Å². The molecule has 154 valence electrons. The largest absolute Gasteiger partial charge is 0.371 e. The molecule has 0 radical (unpaired) electrons. The molecule has 0 spiro atoms. The number of aromatic nitrogens is 3. The van der Waals surface area contributed by atoms with Gasteiger partial charge in [-0.15, -0.1) is 0 Å². The summed E-state index contributed by atoms with van der Waals surface area (Å²) in [6.45, 7) is 4.48. The zero-order valence-corrected chi connectivity index (χ0v) is 17.9. The Bertz CT molecular complexity index is 1290. The van der Waals surface area contributed by atoms with Gasteiger partial charge in [-0.2, -0.15) is 5.10 Å². The SMILES string of the molecule is CCN(C)c1c(F)c(C)c(-c2ccc3nc(NC(=O)C4CC4)sc3c2)c2cn[nH]c12. The molecule has 30 heavy (non-hydrogen) atoms. The van der Waals surface area contributed by atoms with Crippen molar-refractivity contribution < 1.29 is 9.18 Å². The van der Waals surface area contributed by atoms with E-state index in [9.17, 15) is 4.79 Å². The molecule has 2 aromatic heterocycles. The van der Waals surface area contributed by atoms with Gasteiger partial charge in [-0.05, 0) is 55.5 Å². The van der Waals surface area contributed by atoms with Crippen LogP contribution in [0.5, 0.6) is 0 Å². The first kappa shape index (κ1) is 19.0. The summed E-state index contributed by atoms with van der Waals surface area (Å²) in [5.41, 5.74) is 4.36. The van der Waals surface area contributed by atoms with Crippen LogP contribution in [0.1, 0.15) is 25.3 Å². The Morgan fingerprint density at radius 3 is 2.93 bits per heavy atom. The normalized spacial score (nSPS) is 13.9. The number of thiazole rings is 1. The molecule has 6 nitrogen and oxygen atoms in total. The summed E-state index contributed by atoms with van der Waals surface area (Å²) < 4.78 is 16.3. The second kappa shape index (κ2) is 7.05. The third-order valence-electron chi connectivity index (χ3n) is 5.77. The van der Waals surface area contributed by atoms with E-state index < -0.39 is 0 Å². The van der Waals surface area contributed by atoms with Crippen LogP contribution in [0, 0.1) is 18.7 Å². The number of carbonyl (C=O) groups excluding carboxylic acids is 1. The average molecular weight is 424 g/mol. The van der Waals surface area contributed by atoms with Gasteiger partial charge in [-0.1, -0.05) is 17.4 Å². The molecule has 0 bridgehead atoms. The van der Waals surface area contributed by atoms with Crippen LogP contribution in [0.4, 0.5) is 15.2 Å². The van der Waals surface area contributed by atoms with Gasteiger partial charge in [0.2, 0.25) is 5.91 Å². The molecule has 0 atom stereocenters. The predicted octanol–water partition coefficient (Wildman–Crippen LogP) is 5.09. The van der Waals surface area contributed by atoms with E-state index in [1.807, 2.05) is 44.0 Å². The van der Waals surface area contributed by atoms with Gasteiger partial charge in [0.05, 0.1) is 27.6 Å². The number of hydrogen-bond donors (Lipinski definition) is 2. The molecule has 1 fully saturated rings. The first-order valence-corrected chi connectivity index (χ1v) is 10.9. The molecule has 8 heteroatoms. The second-order valence-corrected chi connectivity index (χ2v) is 8.83. The number of hydrogen-bond acceptors (Lipinski definition) is 5. The van der Waals surface area contributed by atoms with Gasteiger partial charge in [0.25, 0.3) is 0 Å². The highest BCUT2D eigenvalue weighted by Gasteiger charge is 2.30. The van der Waals surface area contributed by atoms with Crippen LogP contribution in [0.3, 0.4) is 0 Å². The molecule has 2 N–H and O–H groups in total. The van der Waals surface area contributed by atoms with Crippen molar-refractivity contribution in [3.63, 3.8) is 0 Å². The number of fused-ring (bicyclic) bond motifs is 2. The highest BCUT2D eigenvalue weighted by molar-refractivity contribution is 7.22. The molecule has 0 unspecified atom stereocenters. The number of amides is 1. The number of nitrogens with zero attached hydrogens (tertiary/aromatic N) is 3. The third kappa shape index (κ3) is 3.02. The van der Waals surface area contributed by atoms with Crippen LogP contribution in [0.2, 0.25) is 0 Å². The van der Waals surface area contributed by atoms with Crippen molar-refractivity contribution in [3.05, 3.63) is 35.8 Å². The Balaban J connectivity index is 1.62. The Morgan fingerprint density at radius 2 is 2.20 bits per heavy atom. The summed E-state index contributed by atoms with van der Waals surface area (Å²) >= 11 is 1.44. The van der Waals surface area contributed by atoms with Crippen LogP contribution in [0.15, 0.2) is 24.4 Å². The fourth-order valence-electron chi connectivity index (χ4n) is 3.83. The fraction of sp³-hybridized carbons (Fsp3) is 0.318. The van der Waals surface area contributed by atoms with E-state index in [1.165, 1.54) is 11.3 Å². The number of carbonyl (C=O) groups is 1. The Labute approximate surface area is 177 Å². The van der Waals surface area contributed by atoms with Crippen LogP contribution in [-0.2, 0) is 4.79 Å². The number of aromatic amines is 1. The van der Waals surface area contributed by atoms with Crippen LogP contribution >= 0.6 is 11.3 Å². The molecule has 1 aliphatic rings. The Hall–Kier alpha value is -3.00. The van der Waals surface area contributed by atoms with E-state index in [2.05, 4.69) is 20.5 Å². The van der Waals surface area contributed by atoms with Gasteiger partial charge in [-0.25, -0.2) is 9.37 Å². The minimum absolute atomic E-state index is 0.0444. The van der Waals surface area contributed by atoms with E-state index in [-0.39, 0.29) is 17.6 Å². The van der Waals surface area contributed by atoms with E-state index in [0.717, 1.165) is 39.6 Å². The quantitative estimate of drug-likeness (QED) is 0.469. The van der Waals surface area contributed by atoms with Gasteiger partial charge >= 0.3 is 0 Å². The smallest absolute Gasteiger partial charge is 0.229 e. The number of H-pyrrole nitrogens is 1. The summed E-state index contributed by atoms with van der Waals surface area (Å²) in [5.74, 6) is -0.0665. The molecule has 2 aromatic carbocycles. The van der Waals surface area contributed by atoms with Crippen molar-refractivity contribution in [2.24, 2.45) is 5.92 Å². The van der Waals surface area contributed by atoms with Crippen LogP contribution in [0.25, 0.3) is 32.2 Å². The molecule has 4 aromatic rings. The lowest BCUT2D eigenvalue weighted by atomic mass is 9.95. The summed E-state index contributed by atoms with van der Waals surface area (Å²) in [4.78, 5) is 18.5. The van der Waals surface area contributed by atoms with Crippen molar-refractivity contribution in [3.8, 4) is 11.1 Å². The summed E-state index contributed by atoms with van der Waals surface area (Å²) in [6, 6.07) is 5.88. The second-order valence-electron chi connectivity index (χ2n) is 7.80. The maximum atomic E-state index is 15.4. The molecule has 1 amide bonds. The Kier molecular flexibility index (Phi) is 4.47. The molecular formula is C22H22FN5OS. The van der Waals surface area contributed by atoms with Crippen LogP contribution < -0.4 is 10.2 Å². The van der Waals surface area contributed by atoms with Gasteiger partial charge < -0.3 is 10.2 Å². The first-order chi connectivity index (χ1) is 14.5. The van der Waals surface area contributed by atoms with E-state index >= 15 is 4.39 Å². The third-order valence-corrected chi connectivity index (χ3v) is 6.70. The number of anilines is 2. The molecule has 2 heterocycles. The first-order valence-electron chi connectivity index (χ1n) is 10.1. The zero-order chi connectivity index (χ0) is 21.0. The van der Waals surface area contributed by atoms with Crippen LogP contribution in [-0.4, -0.2) is 34.7 Å². The zero-order valence-electron chi connectivity index (χ0n) is 17.0. The topological polar surface area (TPSA) is 73.9 Å². The molecule has 1 aliphatic carbocycles. The minimum atomic E-state index is -0.243. The summed E-state index contributed by atoms with van der Waals surface area (Å²) in [6.07, 6.45) is 3.66. The predicted molar refractivity (Wildman–Crippen MR) is 120 cm³/mol. The van der Waals surface area contributed by atoms with Crippen molar-refractivity contribution in [2.45, 2.75) is 26.7 Å². The van der Waals surface area contributed by atoms with E-state index in [4.69, 9.17) is 0 Å². The highest BCUT2D eigenvalue weighted by Crippen LogP contribution is 2.41. The van der Waals surface area contributed by atoms with Gasteiger partial charge in [0, 0.05) is 24.9 Å². The van der Waals surface area contributed by atoms with E-state index in [0.29, 0.717) is 28.4 Å². The average Bonchev–Trinajstić information content (AvgIpc) is 3.36. The number of benzene rings is 2. The van der Waals surface area contributed by atoms with Gasteiger partial charge in [-0.3, -0.25) is 9.89 Å². The number of nitrogens with one attached hydrogen (secondary N) is 2. The monoisotopic (exact) mass is 423 g/mol. The molecule has 5 rings (SSSR count). The van der Waals surface area contributed by atoms with Crippen molar-refractivity contribution in [1.29, 1.82) is 0 Å². The molecule has 0 saturated heterocycles. The summed E-state index contributed by atoms with van der Waals surface area (Å²) in [5, 5.41) is 11.6. The standard InChI is InChI=1S/C22H22FN5OS/c1-4-28(3)20-18(23)11(2)17(14-10-24-27-19(14)20)13-7-8-15-16(9-13)30-22(25-15)26-21(29)12-5-6-12/h7-10,12H,4-6H2,1-3H3,(H,24,27)(H,25,26,29). The van der Waals surface area contributed by atoms with Crippen molar-refractivity contribution in [1.82, 2.24) is 15.2 Å². The molecule has 0 aliphatic heterocycles. The number of halogens is 1. The van der Waals surface area contributed by atoms with Crippen molar-refractivity contribution >= 4 is 49.2 Å². The lowest BCUT2D eigenvalue weighted by Crippen LogP contribution is -2.18. The lowest BCUT2D eigenvalue weighted by Gasteiger charge is -2.21. The fourth-order valence-corrected chi connectivity index (χ4v) is 4.74. The Morgan fingerprint density at radius 1 is 1.40 bits per heavy atom. The van der Waals surface area contributed by atoms with E-state index in [1.54, 1.807) is 6.20 Å². The minimum Gasteiger partial charge on any atom is -0.371 e. The molecular weight excluding hydrogens is 401 g/mol. The van der Waals surface area contributed by atoms with Gasteiger partial charge in [0.1, 0.15) is 0 Å². The number of rotatable bonds is 5. The molecule has 1 saturated carbocycles. The van der Waals surface area contributed by atoms with Gasteiger partial charge in [0.15, 0.2) is 10.9 Å². The summed E-state index contributed by atoms with van der Waals surface area (Å²) in [7, 11) is 1.87. The lowest BCUT2D eigenvalue weighted by molar-refractivity contribution is -0.117. The highest BCUT2D eigenvalue weighted by atomic mass is 32.1. The maximum Gasteiger partial charge on any atom is 0.229 e.